The summed E-state index contributed by atoms with van der Waals surface area (Å²) in [6.45, 7) is 2.32. The molecule has 35 heavy (non-hydrogen) atoms. The van der Waals surface area contributed by atoms with Crippen molar-refractivity contribution in [2.45, 2.75) is 69.4 Å². The van der Waals surface area contributed by atoms with Crippen molar-refractivity contribution in [2.75, 3.05) is 0 Å². The van der Waals surface area contributed by atoms with Gasteiger partial charge in [0.15, 0.2) is 0 Å². The third kappa shape index (κ3) is 3.80. The molecule has 6 rings (SSSR count). The third-order valence-electron chi connectivity index (χ3n) is 8.04. The van der Waals surface area contributed by atoms with Crippen LogP contribution in [0.15, 0.2) is 101 Å². The zero-order valence-corrected chi connectivity index (χ0v) is 20.3. The molecule has 176 valence electrons. The van der Waals surface area contributed by atoms with Crippen LogP contribution in [-0.2, 0) is 4.74 Å². The van der Waals surface area contributed by atoms with Gasteiger partial charge in [-0.15, -0.1) is 0 Å². The molecule has 0 amide bonds. The standard InChI is InChI=1S/C31H31N3O/c1-31-19-7-6-12-30(31)35-29-11-5-4-10-28(29)34(31)27-9-3-2-8-26(27)23-15-13-22(14-16-23)24-17-18-25(20-32)33-21-24/h2,4,6-8,10,12,15,17-19,21-22,30H,3,5,9,11,13-14,16H2,1H3/t22?,30-,31?/m0/s1. The minimum Gasteiger partial charge on any atom is -0.486 e. The summed E-state index contributed by atoms with van der Waals surface area (Å²) in [7, 11) is 0. The summed E-state index contributed by atoms with van der Waals surface area (Å²) in [6, 6.07) is 6.03. The summed E-state index contributed by atoms with van der Waals surface area (Å²) >= 11 is 0. The fourth-order valence-electron chi connectivity index (χ4n) is 6.13. The molecule has 4 nitrogen and oxygen atoms in total. The number of ether oxygens (including phenoxy) is 1. The molecule has 0 bridgehead atoms. The number of fused-ring (bicyclic) bond motifs is 1. The predicted octanol–water partition coefficient (Wildman–Crippen LogP) is 6.90. The summed E-state index contributed by atoms with van der Waals surface area (Å²) in [5.74, 6) is 1.59. The van der Waals surface area contributed by atoms with E-state index in [-0.39, 0.29) is 11.6 Å². The van der Waals surface area contributed by atoms with Crippen LogP contribution in [0.5, 0.6) is 0 Å². The minimum absolute atomic E-state index is 0.0194. The molecular weight excluding hydrogens is 430 g/mol. The van der Waals surface area contributed by atoms with Gasteiger partial charge < -0.3 is 9.64 Å². The Morgan fingerprint density at radius 3 is 2.80 bits per heavy atom. The molecule has 4 aliphatic carbocycles. The zero-order valence-electron chi connectivity index (χ0n) is 20.3. The lowest BCUT2D eigenvalue weighted by Crippen LogP contribution is -2.56. The van der Waals surface area contributed by atoms with Crippen LogP contribution in [0.3, 0.4) is 0 Å². The van der Waals surface area contributed by atoms with E-state index in [4.69, 9.17) is 10.00 Å². The first-order chi connectivity index (χ1) is 17.2. The van der Waals surface area contributed by atoms with Gasteiger partial charge in [-0.05, 0) is 86.3 Å². The highest BCUT2D eigenvalue weighted by Gasteiger charge is 2.47. The van der Waals surface area contributed by atoms with Gasteiger partial charge in [0, 0.05) is 18.3 Å². The summed E-state index contributed by atoms with van der Waals surface area (Å²) in [6.07, 6.45) is 29.7. The summed E-state index contributed by atoms with van der Waals surface area (Å²) in [5, 5.41) is 9.05. The first kappa shape index (κ1) is 21.9. The lowest BCUT2D eigenvalue weighted by molar-refractivity contribution is 0.00648. The zero-order chi connectivity index (χ0) is 23.8. The van der Waals surface area contributed by atoms with Crippen molar-refractivity contribution >= 4 is 0 Å². The Bertz CT molecular complexity index is 1280. The number of nitriles is 1. The largest absolute Gasteiger partial charge is 0.486 e. The van der Waals surface area contributed by atoms with Crippen molar-refractivity contribution in [3.8, 4) is 6.07 Å². The Hall–Kier alpha value is -3.58. The van der Waals surface area contributed by atoms with Gasteiger partial charge in [0.1, 0.15) is 29.2 Å². The molecule has 0 N–H and O–H groups in total. The van der Waals surface area contributed by atoms with Crippen LogP contribution in [0.1, 0.15) is 69.0 Å². The highest BCUT2D eigenvalue weighted by Crippen LogP contribution is 2.47. The summed E-state index contributed by atoms with van der Waals surface area (Å²) < 4.78 is 6.55. The van der Waals surface area contributed by atoms with Gasteiger partial charge in [0.25, 0.3) is 0 Å². The SMILES string of the molecule is CC12C=CC=C[C@@H]1OC1=C(C=CCC1)N2C1=C(C2=CCC(c3ccc(C#N)nc3)CC2)C=CCC1. The molecule has 0 spiro atoms. The maximum atomic E-state index is 9.05. The molecule has 1 aromatic heterocycles. The second kappa shape index (κ2) is 8.89. The Morgan fingerprint density at radius 1 is 1.11 bits per heavy atom. The molecule has 4 heteroatoms. The first-order valence-corrected chi connectivity index (χ1v) is 12.8. The van der Waals surface area contributed by atoms with Gasteiger partial charge >= 0.3 is 0 Å². The number of allylic oxidation sites excluding steroid dienone is 11. The van der Waals surface area contributed by atoms with Gasteiger partial charge in [-0.2, -0.15) is 5.26 Å². The van der Waals surface area contributed by atoms with Crippen LogP contribution >= 0.6 is 0 Å². The van der Waals surface area contributed by atoms with E-state index in [1.54, 1.807) is 0 Å². The predicted molar refractivity (Wildman–Crippen MR) is 138 cm³/mol. The maximum Gasteiger partial charge on any atom is 0.144 e. The quantitative estimate of drug-likeness (QED) is 0.491. The van der Waals surface area contributed by atoms with Crippen LogP contribution in [0, 0.1) is 11.3 Å². The van der Waals surface area contributed by atoms with Crippen molar-refractivity contribution in [1.82, 2.24) is 9.88 Å². The first-order valence-electron chi connectivity index (χ1n) is 12.8. The van der Waals surface area contributed by atoms with E-state index in [0.29, 0.717) is 11.6 Å². The summed E-state index contributed by atoms with van der Waals surface area (Å²) in [4.78, 5) is 6.89. The van der Waals surface area contributed by atoms with Crippen molar-refractivity contribution in [3.63, 3.8) is 0 Å². The highest BCUT2D eigenvalue weighted by atomic mass is 16.5. The molecule has 1 aliphatic heterocycles. The number of hydrogen-bond donors (Lipinski definition) is 0. The molecule has 0 fully saturated rings. The monoisotopic (exact) mass is 461 g/mol. The van der Waals surface area contributed by atoms with E-state index in [1.165, 1.54) is 28.1 Å². The smallest absolute Gasteiger partial charge is 0.144 e. The Labute approximate surface area is 208 Å². The molecule has 0 radical (unpaired) electrons. The molecular formula is C31H31N3O. The van der Waals surface area contributed by atoms with E-state index < -0.39 is 0 Å². The van der Waals surface area contributed by atoms with Gasteiger partial charge in [-0.3, -0.25) is 0 Å². The van der Waals surface area contributed by atoms with Crippen LogP contribution in [-0.4, -0.2) is 21.5 Å². The van der Waals surface area contributed by atoms with E-state index in [1.807, 2.05) is 12.3 Å². The fraction of sp³-hybridized carbons (Fsp3) is 0.355. The van der Waals surface area contributed by atoms with Crippen molar-refractivity contribution in [1.29, 1.82) is 5.26 Å². The topological polar surface area (TPSA) is 49.1 Å². The van der Waals surface area contributed by atoms with Gasteiger partial charge in [-0.25, -0.2) is 4.98 Å². The van der Waals surface area contributed by atoms with E-state index in [0.717, 1.165) is 50.7 Å². The number of pyridine rings is 1. The average molecular weight is 462 g/mol. The van der Waals surface area contributed by atoms with E-state index in [2.05, 4.69) is 83.6 Å². The van der Waals surface area contributed by atoms with E-state index in [9.17, 15) is 0 Å². The van der Waals surface area contributed by atoms with Crippen LogP contribution < -0.4 is 0 Å². The van der Waals surface area contributed by atoms with Gasteiger partial charge in [0.05, 0.1) is 5.70 Å². The fourth-order valence-corrected chi connectivity index (χ4v) is 6.13. The molecule has 2 unspecified atom stereocenters. The Balaban J connectivity index is 1.37. The van der Waals surface area contributed by atoms with Gasteiger partial charge in [0.2, 0.25) is 0 Å². The third-order valence-corrected chi connectivity index (χ3v) is 8.04. The van der Waals surface area contributed by atoms with Crippen molar-refractivity contribution < 1.29 is 4.74 Å². The lowest BCUT2D eigenvalue weighted by Gasteiger charge is -2.52. The maximum absolute atomic E-state index is 9.05. The molecule has 5 aliphatic rings. The van der Waals surface area contributed by atoms with E-state index >= 15 is 0 Å². The van der Waals surface area contributed by atoms with Gasteiger partial charge in [-0.1, -0.05) is 48.6 Å². The second-order valence-corrected chi connectivity index (χ2v) is 10.2. The number of rotatable bonds is 3. The van der Waals surface area contributed by atoms with Crippen molar-refractivity contribution in [3.05, 3.63) is 113 Å². The second-order valence-electron chi connectivity index (χ2n) is 10.2. The molecule has 0 aromatic carbocycles. The number of hydrogen-bond acceptors (Lipinski definition) is 4. The normalized spacial score (nSPS) is 29.4. The summed E-state index contributed by atoms with van der Waals surface area (Å²) in [5.41, 5.74) is 6.98. The lowest BCUT2D eigenvalue weighted by atomic mass is 9.79. The van der Waals surface area contributed by atoms with Crippen LogP contribution in [0.4, 0.5) is 0 Å². The highest BCUT2D eigenvalue weighted by molar-refractivity contribution is 5.51. The Morgan fingerprint density at radius 2 is 2.00 bits per heavy atom. The van der Waals surface area contributed by atoms with Crippen LogP contribution in [0.2, 0.25) is 0 Å². The number of nitrogens with zero attached hydrogens (tertiary/aromatic N) is 3. The van der Waals surface area contributed by atoms with Crippen LogP contribution in [0.25, 0.3) is 0 Å². The number of aromatic nitrogens is 1. The Kier molecular flexibility index (Phi) is 5.57. The molecule has 1 aromatic rings. The molecule has 0 saturated carbocycles. The molecule has 3 atom stereocenters. The average Bonchev–Trinajstić information content (AvgIpc) is 2.92. The molecule has 2 heterocycles. The van der Waals surface area contributed by atoms with Crippen molar-refractivity contribution in [2.24, 2.45) is 0 Å². The molecule has 0 saturated heterocycles. The minimum atomic E-state index is -0.243.